The molecular formula is H5N3OP+. The highest BCUT2D eigenvalue weighted by molar-refractivity contribution is 7.00. The van der Waals surface area contributed by atoms with Crippen LogP contribution in [-0.4, -0.2) is 15.6 Å². The fourth-order valence-electron chi connectivity index (χ4n) is 0. The van der Waals surface area contributed by atoms with E-state index in [0.29, 0.717) is 0 Å². The zero-order valence-electron chi connectivity index (χ0n) is 2.49. The van der Waals surface area contributed by atoms with Crippen LogP contribution in [0.2, 0.25) is 0 Å². The van der Waals surface area contributed by atoms with Gasteiger partial charge in [-0.3, -0.25) is 0 Å². The lowest BCUT2D eigenvalue weighted by atomic mass is 13.2. The number of H-pyrrole nitrogens is 3. The minimum absolute atomic E-state index is 1.17. The van der Waals surface area contributed by atoms with Gasteiger partial charge in [-0.25, -0.2) is 15.6 Å². The minimum atomic E-state index is 1.17. The summed E-state index contributed by atoms with van der Waals surface area (Å²) in [6, 6.07) is 0. The number of nitrogens with one attached hydrogen (secondary N) is 3. The molecule has 0 amide bonds. The predicted octanol–water partition coefficient (Wildman–Crippen LogP) is -0.122. The van der Waals surface area contributed by atoms with E-state index in [2.05, 4.69) is 15.6 Å². The van der Waals surface area contributed by atoms with E-state index in [1.54, 1.807) is 0 Å². The Kier molecular flexibility index (Phi) is 3.15. The van der Waals surface area contributed by atoms with Crippen molar-refractivity contribution in [3.05, 3.63) is 0 Å². The molecule has 5 heteroatoms. The molecule has 0 bridgehead atoms. The van der Waals surface area contributed by atoms with Crippen molar-refractivity contribution >= 4 is 9.12 Å². The molecule has 5 heavy (non-hydrogen) atoms. The van der Waals surface area contributed by atoms with Crippen LogP contribution in [0.15, 0.2) is 0 Å². The molecule has 30 valence electrons. The molecule has 3 N–H and O–H groups in total. The van der Waals surface area contributed by atoms with Gasteiger partial charge in [-0.1, -0.05) is 4.57 Å². The molecule has 1 rings (SSSR count). The first-order chi connectivity index (χ1) is 2.50. The third-order valence-corrected chi connectivity index (χ3v) is 0.125. The smallest absolute Gasteiger partial charge is 0.213 e. The maximum absolute atomic E-state index is 8.17. The lowest BCUT2D eigenvalue weighted by Gasteiger charge is -1.03. The Labute approximate surface area is 30.5 Å². The van der Waals surface area contributed by atoms with Crippen LogP contribution >= 0.6 is 9.12 Å². The zero-order valence-corrected chi connectivity index (χ0v) is 3.64. The largest absolute Gasteiger partial charge is 0.310 e. The van der Waals surface area contributed by atoms with E-state index >= 15 is 0 Å². The summed E-state index contributed by atoms with van der Waals surface area (Å²) in [7, 11) is 1.17. The van der Waals surface area contributed by atoms with Gasteiger partial charge in [0.1, 0.15) is 0 Å². The van der Waals surface area contributed by atoms with E-state index in [4.69, 9.17) is 4.57 Å². The Morgan fingerprint density at radius 1 is 1.00 bits per heavy atom. The number of rotatable bonds is 0. The summed E-state index contributed by atoms with van der Waals surface area (Å²) in [5.41, 5.74) is 0. The highest BCUT2D eigenvalue weighted by Crippen LogP contribution is 1.31. The average molecular weight is 94.0 g/mol. The quantitative estimate of drug-likeness (QED) is 0.385. The number of aromatic nitrogens is 3. The third kappa shape index (κ3) is 31.5. The number of hydrogen-bond acceptors (Lipinski definition) is 1. The Hall–Kier alpha value is -0.500. The van der Waals surface area contributed by atoms with Crippen LogP contribution in [0, 0.1) is 0 Å². The molecule has 4 nitrogen and oxygen atoms in total. The maximum atomic E-state index is 8.17. The maximum Gasteiger partial charge on any atom is 0.310 e. The average Bonchev–Trinajstić information content (AvgIpc) is 2.19. The van der Waals surface area contributed by atoms with E-state index in [-0.39, 0.29) is 0 Å². The van der Waals surface area contributed by atoms with Crippen molar-refractivity contribution in [3.63, 3.8) is 0 Å². The Morgan fingerprint density at radius 2 is 1.20 bits per heavy atom. The molecule has 1 unspecified atom stereocenters. The van der Waals surface area contributed by atoms with E-state index in [1.165, 1.54) is 9.12 Å². The van der Waals surface area contributed by atoms with Crippen molar-refractivity contribution in [2.75, 3.05) is 0 Å². The molecular weight excluding hydrogens is 89.0 g/mol. The van der Waals surface area contributed by atoms with E-state index < -0.39 is 0 Å². The number of aromatic amines is 3. The summed E-state index contributed by atoms with van der Waals surface area (Å²) in [4.78, 5) is 0. The second-order valence-corrected chi connectivity index (χ2v) is 0.375. The standard InChI is InChI=1S/H3N3.H2OP/c1-2-3-1;1-2/h1-3H;2H2/q;+1. The molecule has 0 radical (unpaired) electrons. The molecule has 0 aliphatic rings. The lowest BCUT2D eigenvalue weighted by molar-refractivity contribution is 0.607. The fourth-order valence-corrected chi connectivity index (χ4v) is 0. The molecule has 1 atom stereocenters. The van der Waals surface area contributed by atoms with Gasteiger partial charge in [-0.2, -0.15) is 0 Å². The SMILES string of the molecule is O=[PH2+].[nH]1[nH][nH]1. The topological polar surface area (TPSA) is 64.4 Å². The van der Waals surface area contributed by atoms with Gasteiger partial charge in [0.15, 0.2) is 0 Å². The Balaban J connectivity index is 0.0000000733. The van der Waals surface area contributed by atoms with Crippen LogP contribution in [0.5, 0.6) is 0 Å². The molecule has 0 aromatic carbocycles. The van der Waals surface area contributed by atoms with Crippen LogP contribution in [0.3, 0.4) is 0 Å². The summed E-state index contributed by atoms with van der Waals surface area (Å²) >= 11 is 0. The first kappa shape index (κ1) is 4.50. The minimum Gasteiger partial charge on any atom is -0.213 e. The summed E-state index contributed by atoms with van der Waals surface area (Å²) in [5, 5.41) is 7.50. The molecule has 1 aromatic heterocycles. The van der Waals surface area contributed by atoms with Gasteiger partial charge in [0, 0.05) is 0 Å². The second kappa shape index (κ2) is 3.50. The van der Waals surface area contributed by atoms with E-state index in [0.717, 1.165) is 0 Å². The molecule has 1 aromatic rings. The number of hydrogen-bond donors (Lipinski definition) is 3. The monoisotopic (exact) mass is 94.0 g/mol. The highest BCUT2D eigenvalue weighted by atomic mass is 31.0. The van der Waals surface area contributed by atoms with Crippen molar-refractivity contribution in [3.8, 4) is 0 Å². The molecule has 0 saturated heterocycles. The molecule has 0 spiro atoms. The van der Waals surface area contributed by atoms with E-state index in [9.17, 15) is 0 Å². The third-order valence-electron chi connectivity index (χ3n) is 0.125. The van der Waals surface area contributed by atoms with Crippen molar-refractivity contribution < 1.29 is 4.57 Å². The second-order valence-electron chi connectivity index (χ2n) is 0.375. The van der Waals surface area contributed by atoms with Crippen LogP contribution in [0.1, 0.15) is 0 Å². The molecule has 0 aliphatic heterocycles. The summed E-state index contributed by atoms with van der Waals surface area (Å²) < 4.78 is 8.17. The van der Waals surface area contributed by atoms with Crippen LogP contribution < -0.4 is 0 Å². The first-order valence-corrected chi connectivity index (χ1v) is 1.46. The highest BCUT2D eigenvalue weighted by Gasteiger charge is 1.42. The van der Waals surface area contributed by atoms with Crippen molar-refractivity contribution in [1.82, 2.24) is 15.6 Å². The molecule has 0 aliphatic carbocycles. The zero-order chi connectivity index (χ0) is 4.12. The molecule has 0 fully saturated rings. The summed E-state index contributed by atoms with van der Waals surface area (Å²) in [5.74, 6) is 0. The van der Waals surface area contributed by atoms with Gasteiger partial charge in [-0.05, 0) is 0 Å². The van der Waals surface area contributed by atoms with Crippen molar-refractivity contribution in [2.24, 2.45) is 0 Å². The van der Waals surface area contributed by atoms with Crippen LogP contribution in [0.25, 0.3) is 0 Å². The summed E-state index contributed by atoms with van der Waals surface area (Å²) in [6.45, 7) is 0. The Bertz CT molecular complexity index is 44.0. The van der Waals surface area contributed by atoms with Gasteiger partial charge in [-0.15, -0.1) is 0 Å². The van der Waals surface area contributed by atoms with Crippen molar-refractivity contribution in [2.45, 2.75) is 0 Å². The predicted molar refractivity (Wildman–Crippen MR) is 19.9 cm³/mol. The summed E-state index contributed by atoms with van der Waals surface area (Å²) in [6.07, 6.45) is 0. The van der Waals surface area contributed by atoms with Gasteiger partial charge >= 0.3 is 9.12 Å². The Morgan fingerprint density at radius 3 is 1.20 bits per heavy atom. The van der Waals surface area contributed by atoms with Crippen LogP contribution in [-0.2, 0) is 4.57 Å². The molecule has 1 heterocycles. The van der Waals surface area contributed by atoms with Gasteiger partial charge in [0.25, 0.3) is 0 Å². The fraction of sp³-hybridized carbons (Fsp3) is 0. The van der Waals surface area contributed by atoms with Gasteiger partial charge in [0.2, 0.25) is 0 Å². The van der Waals surface area contributed by atoms with Crippen LogP contribution in [0.4, 0.5) is 0 Å². The molecule has 0 saturated carbocycles. The normalized spacial score (nSPS) is 5.60. The first-order valence-electron chi connectivity index (χ1n) is 0.986. The lowest BCUT2D eigenvalue weighted by Crippen LogP contribution is -1.14. The van der Waals surface area contributed by atoms with Gasteiger partial charge in [0.05, 0.1) is 0 Å². The van der Waals surface area contributed by atoms with Crippen molar-refractivity contribution in [1.29, 1.82) is 0 Å². The van der Waals surface area contributed by atoms with Gasteiger partial charge < -0.3 is 0 Å². The van der Waals surface area contributed by atoms with E-state index in [1.807, 2.05) is 0 Å².